The van der Waals surface area contributed by atoms with Crippen LogP contribution in [0.25, 0.3) is 0 Å². The molecule has 4 aliphatic rings. The molecule has 2 aliphatic carbocycles. The van der Waals surface area contributed by atoms with Crippen LogP contribution in [0.15, 0.2) is 53.5 Å². The Balaban J connectivity index is 1.51. The van der Waals surface area contributed by atoms with E-state index in [-0.39, 0.29) is 0 Å². The maximum Gasteiger partial charge on any atom is 0.0322 e. The average molecular weight is 281 g/mol. The van der Waals surface area contributed by atoms with Crippen LogP contribution in [0, 0.1) is 11.8 Å². The molecule has 0 amide bonds. The smallest absolute Gasteiger partial charge is 0.0322 e. The summed E-state index contributed by atoms with van der Waals surface area (Å²) in [6.45, 7) is 0. The Hall–Kier alpha value is -0.990. The minimum atomic E-state index is 0.582. The normalized spacial score (nSPS) is 43.8. The molecule has 2 fully saturated rings. The molecule has 2 aliphatic heterocycles. The lowest BCUT2D eigenvalue weighted by Crippen LogP contribution is -2.43. The monoisotopic (exact) mass is 281 g/mol. The van der Waals surface area contributed by atoms with Crippen molar-refractivity contribution in [2.75, 3.05) is 0 Å². The van der Waals surface area contributed by atoms with E-state index in [2.05, 4.69) is 65.6 Å². The van der Waals surface area contributed by atoms with E-state index in [1.54, 1.807) is 5.56 Å². The van der Waals surface area contributed by atoms with Gasteiger partial charge in [0.05, 0.1) is 0 Å². The summed E-state index contributed by atoms with van der Waals surface area (Å²) in [6.07, 6.45) is 12.0. The molecule has 1 nitrogen and oxygen atoms in total. The van der Waals surface area contributed by atoms with Crippen molar-refractivity contribution in [3.05, 3.63) is 54.1 Å². The summed E-state index contributed by atoms with van der Waals surface area (Å²) in [4.78, 5) is 1.53. The van der Waals surface area contributed by atoms with E-state index in [1.165, 1.54) is 17.7 Å². The number of benzene rings is 1. The molecule has 2 heterocycles. The van der Waals surface area contributed by atoms with E-state index in [0.717, 1.165) is 23.0 Å². The summed E-state index contributed by atoms with van der Waals surface area (Å²) in [5, 5.41) is 4.69. The molecule has 2 heteroatoms. The van der Waals surface area contributed by atoms with Crippen molar-refractivity contribution in [2.24, 2.45) is 11.8 Å². The highest BCUT2D eigenvalue weighted by Crippen LogP contribution is 2.56. The van der Waals surface area contributed by atoms with E-state index in [9.17, 15) is 0 Å². The minimum absolute atomic E-state index is 0.582. The highest BCUT2D eigenvalue weighted by molar-refractivity contribution is 8.00. The summed E-state index contributed by atoms with van der Waals surface area (Å²) < 4.78 is 0. The maximum atomic E-state index is 3.94. The van der Waals surface area contributed by atoms with Crippen LogP contribution in [-0.2, 0) is 0 Å². The van der Waals surface area contributed by atoms with Gasteiger partial charge in [-0.05, 0) is 36.3 Å². The molecule has 1 saturated heterocycles. The minimum Gasteiger partial charge on any atom is -0.306 e. The predicted octanol–water partition coefficient (Wildman–Crippen LogP) is 3.74. The third-order valence-corrected chi connectivity index (χ3v) is 7.18. The Morgan fingerprint density at radius 1 is 1.05 bits per heavy atom. The zero-order valence-electron chi connectivity index (χ0n) is 11.4. The molecular formula is C18H19NS. The van der Waals surface area contributed by atoms with Crippen molar-refractivity contribution in [3.8, 4) is 0 Å². The summed E-state index contributed by atoms with van der Waals surface area (Å²) in [6, 6.07) is 10.3. The Labute approximate surface area is 124 Å². The molecule has 1 saturated carbocycles. The van der Waals surface area contributed by atoms with E-state index < -0.39 is 0 Å². The summed E-state index contributed by atoms with van der Waals surface area (Å²) in [5.41, 5.74) is 1.61. The van der Waals surface area contributed by atoms with Crippen LogP contribution in [-0.4, -0.2) is 17.3 Å². The third kappa shape index (κ3) is 1.49. The standard InChI is InChI=1S/C18H19NS/c1-3-7-15-11(5-1)13-9-10-14-12-6-2-4-8-16(12)20-18(14)17(13)19-15/h1-8,11,13-15,17-19H,9-10H2/t11?,13-,14?,15?,17?,18?/m0/s1. The molecule has 5 rings (SSSR count). The summed E-state index contributed by atoms with van der Waals surface area (Å²) in [7, 11) is 0. The molecule has 0 spiro atoms. The van der Waals surface area contributed by atoms with Crippen LogP contribution in [0.2, 0.25) is 0 Å². The quantitative estimate of drug-likeness (QED) is 0.777. The number of hydrogen-bond donors (Lipinski definition) is 1. The maximum absolute atomic E-state index is 3.94. The Morgan fingerprint density at radius 3 is 2.95 bits per heavy atom. The number of allylic oxidation sites excluding steroid dienone is 2. The number of thioether (sulfide) groups is 1. The van der Waals surface area contributed by atoms with Crippen LogP contribution < -0.4 is 5.32 Å². The Bertz CT molecular complexity index is 605. The fourth-order valence-corrected chi connectivity index (χ4v) is 6.49. The van der Waals surface area contributed by atoms with E-state index in [4.69, 9.17) is 0 Å². The molecular weight excluding hydrogens is 262 g/mol. The van der Waals surface area contributed by atoms with Gasteiger partial charge >= 0.3 is 0 Å². The van der Waals surface area contributed by atoms with Gasteiger partial charge in [0.15, 0.2) is 0 Å². The van der Waals surface area contributed by atoms with E-state index >= 15 is 0 Å². The van der Waals surface area contributed by atoms with E-state index in [0.29, 0.717) is 12.1 Å². The molecule has 0 aromatic heterocycles. The van der Waals surface area contributed by atoms with Gasteiger partial charge in [-0.2, -0.15) is 0 Å². The molecule has 5 unspecified atom stereocenters. The molecule has 1 aromatic carbocycles. The zero-order valence-corrected chi connectivity index (χ0v) is 12.2. The molecule has 0 radical (unpaired) electrons. The van der Waals surface area contributed by atoms with Crippen LogP contribution in [0.4, 0.5) is 0 Å². The Kier molecular flexibility index (Phi) is 2.48. The lowest BCUT2D eigenvalue weighted by Gasteiger charge is -2.36. The summed E-state index contributed by atoms with van der Waals surface area (Å²) >= 11 is 2.13. The first-order chi connectivity index (χ1) is 9.92. The lowest BCUT2D eigenvalue weighted by atomic mass is 9.72. The van der Waals surface area contributed by atoms with Crippen LogP contribution >= 0.6 is 11.8 Å². The first-order valence-corrected chi connectivity index (χ1v) is 8.66. The van der Waals surface area contributed by atoms with Crippen molar-refractivity contribution in [2.45, 2.75) is 41.0 Å². The van der Waals surface area contributed by atoms with Gasteiger partial charge in [0, 0.05) is 28.1 Å². The third-order valence-electron chi connectivity index (χ3n) is 5.66. The highest BCUT2D eigenvalue weighted by Gasteiger charge is 2.51. The molecule has 6 atom stereocenters. The molecule has 20 heavy (non-hydrogen) atoms. The second-order valence-corrected chi connectivity index (χ2v) is 7.75. The van der Waals surface area contributed by atoms with Crippen LogP contribution in [0.1, 0.15) is 24.3 Å². The first kappa shape index (κ1) is 11.6. The summed E-state index contributed by atoms with van der Waals surface area (Å²) in [5.74, 6) is 2.34. The van der Waals surface area contributed by atoms with Gasteiger partial charge in [-0.15, -0.1) is 11.8 Å². The first-order valence-electron chi connectivity index (χ1n) is 7.78. The van der Waals surface area contributed by atoms with Gasteiger partial charge in [-0.25, -0.2) is 0 Å². The average Bonchev–Trinajstić information content (AvgIpc) is 3.05. The van der Waals surface area contributed by atoms with Crippen LogP contribution in [0.3, 0.4) is 0 Å². The second-order valence-electron chi connectivity index (χ2n) is 6.53. The van der Waals surface area contributed by atoms with Crippen molar-refractivity contribution < 1.29 is 0 Å². The Morgan fingerprint density at radius 2 is 1.95 bits per heavy atom. The number of hydrogen-bond acceptors (Lipinski definition) is 2. The molecule has 102 valence electrons. The fraction of sp³-hybridized carbons (Fsp3) is 0.444. The fourth-order valence-electron chi connectivity index (χ4n) is 4.81. The van der Waals surface area contributed by atoms with E-state index in [1.807, 2.05) is 0 Å². The second kappa shape index (κ2) is 4.25. The highest BCUT2D eigenvalue weighted by atomic mass is 32.2. The lowest BCUT2D eigenvalue weighted by molar-refractivity contribution is 0.283. The SMILES string of the molecule is C1=CC2NC3C4Sc5ccccc5C4CC[C@H]3C2C=C1. The largest absolute Gasteiger partial charge is 0.306 e. The molecule has 1 aromatic rings. The predicted molar refractivity (Wildman–Crippen MR) is 84.0 cm³/mol. The van der Waals surface area contributed by atoms with Gasteiger partial charge in [0.25, 0.3) is 0 Å². The topological polar surface area (TPSA) is 12.0 Å². The van der Waals surface area contributed by atoms with Crippen molar-refractivity contribution in [1.29, 1.82) is 0 Å². The van der Waals surface area contributed by atoms with Crippen molar-refractivity contribution >= 4 is 11.8 Å². The van der Waals surface area contributed by atoms with Crippen molar-refractivity contribution in [1.82, 2.24) is 5.32 Å². The zero-order chi connectivity index (χ0) is 13.1. The number of fused-ring (bicyclic) bond motifs is 7. The van der Waals surface area contributed by atoms with Crippen molar-refractivity contribution in [3.63, 3.8) is 0 Å². The van der Waals surface area contributed by atoms with Gasteiger partial charge < -0.3 is 5.32 Å². The van der Waals surface area contributed by atoms with Gasteiger partial charge in [-0.1, -0.05) is 42.5 Å². The molecule has 0 bridgehead atoms. The van der Waals surface area contributed by atoms with Crippen LogP contribution in [0.5, 0.6) is 0 Å². The van der Waals surface area contributed by atoms with Gasteiger partial charge in [0.2, 0.25) is 0 Å². The molecule has 1 N–H and O–H groups in total. The number of rotatable bonds is 0. The number of nitrogens with one attached hydrogen (secondary N) is 1. The van der Waals surface area contributed by atoms with Gasteiger partial charge in [-0.3, -0.25) is 0 Å². The van der Waals surface area contributed by atoms with Gasteiger partial charge in [0.1, 0.15) is 0 Å².